The first-order valence-electron chi connectivity index (χ1n) is 5.75. The Bertz CT molecular complexity index is 404. The molecule has 0 aromatic carbocycles. The average molecular weight is 290 g/mol. The Morgan fingerprint density at radius 3 is 2.83 bits per heavy atom. The minimum Gasteiger partial charge on any atom is -0.383 e. The van der Waals surface area contributed by atoms with Gasteiger partial charge in [-0.05, 0) is 13.0 Å². The van der Waals surface area contributed by atoms with E-state index in [1.807, 2.05) is 19.0 Å². The molecule has 1 aromatic rings. The van der Waals surface area contributed by atoms with E-state index in [-0.39, 0.29) is 0 Å². The molecule has 0 unspecified atom stereocenters. The second-order valence-corrected chi connectivity index (χ2v) is 5.57. The van der Waals surface area contributed by atoms with Crippen molar-refractivity contribution < 1.29 is 4.74 Å². The molecule has 0 radical (unpaired) electrons. The number of thiazole rings is 1. The van der Waals surface area contributed by atoms with Crippen molar-refractivity contribution >= 4 is 34.1 Å². The maximum Gasteiger partial charge on any atom is 0.186 e. The third-order valence-corrected chi connectivity index (χ3v) is 3.82. The first kappa shape index (κ1) is 15.4. The van der Waals surface area contributed by atoms with Crippen LogP contribution in [0.15, 0.2) is 5.57 Å². The van der Waals surface area contributed by atoms with Crippen LogP contribution in [-0.4, -0.2) is 45.9 Å². The minimum absolute atomic E-state index is 0.569. The summed E-state index contributed by atoms with van der Waals surface area (Å²) in [5, 5.41) is 4.78. The van der Waals surface area contributed by atoms with Crippen LogP contribution in [0, 0.1) is 0 Å². The topological polar surface area (TPSA) is 37.4 Å². The first-order valence-corrected chi connectivity index (χ1v) is 6.94. The summed E-state index contributed by atoms with van der Waals surface area (Å²) >= 11 is 7.70. The molecule has 4 nitrogen and oxygen atoms in total. The van der Waals surface area contributed by atoms with E-state index in [9.17, 15) is 0 Å². The van der Waals surface area contributed by atoms with Gasteiger partial charge in [-0.1, -0.05) is 28.5 Å². The highest BCUT2D eigenvalue weighted by Crippen LogP contribution is 2.30. The molecule has 0 spiro atoms. The maximum atomic E-state index is 6.10. The van der Waals surface area contributed by atoms with Gasteiger partial charge in [0.2, 0.25) is 0 Å². The van der Waals surface area contributed by atoms with E-state index in [1.165, 1.54) is 5.57 Å². The second-order valence-electron chi connectivity index (χ2n) is 4.21. The smallest absolute Gasteiger partial charge is 0.186 e. The van der Waals surface area contributed by atoms with E-state index in [0.29, 0.717) is 5.15 Å². The van der Waals surface area contributed by atoms with Crippen LogP contribution in [0.3, 0.4) is 0 Å². The summed E-state index contributed by atoms with van der Waals surface area (Å²) in [5.41, 5.74) is 1.22. The van der Waals surface area contributed by atoms with Crippen molar-refractivity contribution in [3.05, 3.63) is 15.6 Å². The number of anilines is 1. The molecule has 0 amide bonds. The minimum atomic E-state index is 0.569. The Morgan fingerprint density at radius 2 is 2.28 bits per heavy atom. The molecule has 0 bridgehead atoms. The van der Waals surface area contributed by atoms with Crippen LogP contribution in [0.2, 0.25) is 5.15 Å². The Kier molecular flexibility index (Phi) is 6.63. The number of hydrogen-bond donors (Lipinski definition) is 1. The fraction of sp³-hybridized carbons (Fsp3) is 0.583. The quantitative estimate of drug-likeness (QED) is 0.783. The van der Waals surface area contributed by atoms with Crippen molar-refractivity contribution in [1.29, 1.82) is 0 Å². The third kappa shape index (κ3) is 4.94. The van der Waals surface area contributed by atoms with Gasteiger partial charge in [0.1, 0.15) is 5.15 Å². The Hall–Kier alpha value is -0.620. The summed E-state index contributed by atoms with van der Waals surface area (Å²) < 4.78 is 4.97. The van der Waals surface area contributed by atoms with E-state index in [0.717, 1.165) is 29.7 Å². The van der Waals surface area contributed by atoms with Gasteiger partial charge in [-0.15, -0.1) is 0 Å². The number of ether oxygens (including phenoxy) is 1. The van der Waals surface area contributed by atoms with Crippen LogP contribution in [0.25, 0.3) is 6.08 Å². The summed E-state index contributed by atoms with van der Waals surface area (Å²) in [5.74, 6) is 0. The highest BCUT2D eigenvalue weighted by atomic mass is 35.5. The van der Waals surface area contributed by atoms with Crippen LogP contribution >= 0.6 is 22.9 Å². The Balaban J connectivity index is 2.58. The molecule has 0 fully saturated rings. The van der Waals surface area contributed by atoms with E-state index in [1.54, 1.807) is 18.4 Å². The van der Waals surface area contributed by atoms with Crippen molar-refractivity contribution in [2.45, 2.75) is 6.92 Å². The molecule has 0 aliphatic heterocycles. The largest absolute Gasteiger partial charge is 0.383 e. The molecule has 18 heavy (non-hydrogen) atoms. The number of halogens is 1. The molecule has 1 rings (SSSR count). The molecule has 0 atom stereocenters. The number of rotatable bonds is 7. The van der Waals surface area contributed by atoms with Gasteiger partial charge in [0.15, 0.2) is 5.13 Å². The van der Waals surface area contributed by atoms with E-state index < -0.39 is 0 Å². The van der Waals surface area contributed by atoms with Gasteiger partial charge in [-0.25, -0.2) is 4.98 Å². The van der Waals surface area contributed by atoms with Gasteiger partial charge in [-0.3, -0.25) is 0 Å². The number of nitrogens with zero attached hydrogens (tertiary/aromatic N) is 2. The summed E-state index contributed by atoms with van der Waals surface area (Å²) in [7, 11) is 5.62. The van der Waals surface area contributed by atoms with Crippen LogP contribution in [0.1, 0.15) is 11.8 Å². The lowest BCUT2D eigenvalue weighted by molar-refractivity contribution is 0.200. The number of aromatic nitrogens is 1. The summed E-state index contributed by atoms with van der Waals surface area (Å²) in [6, 6.07) is 0. The van der Waals surface area contributed by atoms with E-state index >= 15 is 0 Å². The van der Waals surface area contributed by atoms with Gasteiger partial charge in [0.25, 0.3) is 0 Å². The SMILES string of the molecule is COCCNCC(C)=Cc1sc(N(C)C)nc1Cl. The van der Waals surface area contributed by atoms with Gasteiger partial charge < -0.3 is 15.0 Å². The highest BCUT2D eigenvalue weighted by Gasteiger charge is 2.08. The van der Waals surface area contributed by atoms with Gasteiger partial charge >= 0.3 is 0 Å². The van der Waals surface area contributed by atoms with Crippen molar-refractivity contribution in [2.75, 3.05) is 45.8 Å². The third-order valence-electron chi connectivity index (χ3n) is 2.25. The predicted octanol–water partition coefficient (Wildman–Crippen LogP) is 2.50. The Labute approximate surface area is 118 Å². The van der Waals surface area contributed by atoms with Crippen LogP contribution < -0.4 is 10.2 Å². The summed E-state index contributed by atoms with van der Waals surface area (Å²) in [6.45, 7) is 4.47. The van der Waals surface area contributed by atoms with Crippen molar-refractivity contribution in [1.82, 2.24) is 10.3 Å². The van der Waals surface area contributed by atoms with E-state index in [2.05, 4.69) is 23.3 Å². The van der Waals surface area contributed by atoms with Crippen molar-refractivity contribution in [3.63, 3.8) is 0 Å². The fourth-order valence-electron chi connectivity index (χ4n) is 1.32. The second kappa shape index (κ2) is 7.74. The molecule has 1 aromatic heterocycles. The summed E-state index contributed by atoms with van der Waals surface area (Å²) in [4.78, 5) is 7.26. The molecule has 0 aliphatic rings. The summed E-state index contributed by atoms with van der Waals surface area (Å²) in [6.07, 6.45) is 2.08. The molecule has 1 heterocycles. The van der Waals surface area contributed by atoms with Crippen LogP contribution in [-0.2, 0) is 4.74 Å². The standard InChI is InChI=1S/C12H20ClN3OS/c1-9(8-14-5-6-17-4)7-10-11(13)15-12(18-10)16(2)3/h7,14H,5-6,8H2,1-4H3. The highest BCUT2D eigenvalue weighted by molar-refractivity contribution is 7.17. The zero-order valence-corrected chi connectivity index (χ0v) is 12.9. The predicted molar refractivity (Wildman–Crippen MR) is 79.8 cm³/mol. The van der Waals surface area contributed by atoms with Crippen LogP contribution in [0.5, 0.6) is 0 Å². The van der Waals surface area contributed by atoms with Gasteiger partial charge in [0, 0.05) is 34.3 Å². The number of nitrogens with one attached hydrogen (secondary N) is 1. The molecule has 0 aliphatic carbocycles. The molecular weight excluding hydrogens is 270 g/mol. The zero-order chi connectivity index (χ0) is 13.5. The fourth-order valence-corrected chi connectivity index (χ4v) is 2.52. The molecule has 6 heteroatoms. The average Bonchev–Trinajstić information content (AvgIpc) is 2.67. The molecular formula is C12H20ClN3OS. The first-order chi connectivity index (χ1) is 8.54. The lowest BCUT2D eigenvalue weighted by Gasteiger charge is -2.05. The molecule has 0 saturated heterocycles. The molecule has 102 valence electrons. The van der Waals surface area contributed by atoms with Crippen molar-refractivity contribution in [3.8, 4) is 0 Å². The lowest BCUT2D eigenvalue weighted by Crippen LogP contribution is -2.20. The normalized spacial score (nSPS) is 11.9. The Morgan fingerprint density at radius 1 is 1.56 bits per heavy atom. The van der Waals surface area contributed by atoms with Gasteiger partial charge in [-0.2, -0.15) is 0 Å². The monoisotopic (exact) mass is 289 g/mol. The maximum absolute atomic E-state index is 6.10. The zero-order valence-electron chi connectivity index (χ0n) is 11.3. The van der Waals surface area contributed by atoms with Crippen molar-refractivity contribution in [2.24, 2.45) is 0 Å². The van der Waals surface area contributed by atoms with Gasteiger partial charge in [0.05, 0.1) is 11.5 Å². The van der Waals surface area contributed by atoms with Crippen LogP contribution in [0.4, 0.5) is 5.13 Å². The lowest BCUT2D eigenvalue weighted by atomic mass is 10.2. The molecule has 0 saturated carbocycles. The van der Waals surface area contributed by atoms with E-state index in [4.69, 9.17) is 16.3 Å². The number of hydrogen-bond acceptors (Lipinski definition) is 5. The molecule has 1 N–H and O–H groups in total. The number of methoxy groups -OCH3 is 1.